The quantitative estimate of drug-likeness (QED) is 0.0168. The molecule has 9 rings (SSSR count). The van der Waals surface area contributed by atoms with Gasteiger partial charge in [-0.2, -0.15) is 0 Å². The minimum atomic E-state index is -1.81. The van der Waals surface area contributed by atoms with Crippen LogP contribution >= 0.6 is 0 Å². The van der Waals surface area contributed by atoms with Crippen LogP contribution in [0.15, 0.2) is 84.9 Å². The molecule has 1 fully saturated rings. The number of nitrogens with zero attached hydrogens (tertiary/aromatic N) is 10. The van der Waals surface area contributed by atoms with Gasteiger partial charge in [-0.1, -0.05) is 24.3 Å². The average Bonchev–Trinajstić information content (AvgIpc) is 1.69. The minimum Gasteiger partial charge on any atom is -0.481 e. The van der Waals surface area contributed by atoms with E-state index >= 15 is 0 Å². The number of amides is 9. The predicted octanol–water partition coefficient (Wildman–Crippen LogP) is -0.563. The SMILES string of the molecule is CN(Cc1nc2ccccc2[nH]1)C(=O)c1ccc2c(c1)CN(CCCOCCOCCOCCCNC(=O)CC[C@@H](NC(=O)[C@H](CCC(=O)O)NC(=O)[C@H](CCC(=O)O)NC(=O)CN1CCN(CC(=O)O)CCN(CC(=O)O)CCN(CC(O)O)CC1)C(=O)NCCCOCCOCCOCCCN1Cc3cc(C(=O)N(C)Cc4nc5ccccc5[nH]4)ccc3N[C@@H](CC(=O)O)C1=O)C(=O)[C@H](CC(=O)O)N2. The number of carbonyl (C=O) groups excluding carboxylic acids is 9. The van der Waals surface area contributed by atoms with Gasteiger partial charge in [0.1, 0.15) is 41.9 Å². The molecule has 9 amide bonds. The number of H-pyrrole nitrogens is 2. The van der Waals surface area contributed by atoms with Crippen molar-refractivity contribution in [2.75, 3.05) is 209 Å². The second-order valence-electron chi connectivity index (χ2n) is 34.3. The van der Waals surface area contributed by atoms with E-state index in [0.29, 0.717) is 64.5 Å². The summed E-state index contributed by atoms with van der Waals surface area (Å²) < 4.78 is 34.4. The van der Waals surface area contributed by atoms with Crippen molar-refractivity contribution in [3.63, 3.8) is 0 Å². The maximum absolute atomic E-state index is 14.4. The fourth-order valence-corrected chi connectivity index (χ4v) is 16.0. The molecule has 5 atom stereocenters. The predicted molar refractivity (Wildman–Crippen MR) is 504 cm³/mol. The van der Waals surface area contributed by atoms with Gasteiger partial charge in [0.2, 0.25) is 41.4 Å². The number of aliphatic hydroxyl groups excluding tert-OH is 1. The topological polar surface area (TPSA) is 641 Å². The summed E-state index contributed by atoms with van der Waals surface area (Å²) in [7, 11) is 3.31. The normalized spacial score (nSPS) is 15.9. The van der Waals surface area contributed by atoms with Crippen LogP contribution in [0.25, 0.3) is 22.1 Å². The Morgan fingerprint density at radius 1 is 0.418 bits per heavy atom. The Hall–Kier alpha value is -13.0. The van der Waals surface area contributed by atoms with Gasteiger partial charge in [0.05, 0.1) is 120 Å². The molecule has 0 spiro atoms. The van der Waals surface area contributed by atoms with Crippen LogP contribution in [0.1, 0.15) is 121 Å². The molecule has 0 bridgehead atoms. The van der Waals surface area contributed by atoms with Crippen molar-refractivity contribution in [2.45, 2.75) is 140 Å². The highest BCUT2D eigenvalue weighted by molar-refractivity contribution is 5.98. The lowest BCUT2D eigenvalue weighted by Gasteiger charge is -2.33. The lowest BCUT2D eigenvalue weighted by Crippen LogP contribution is -2.57. The van der Waals surface area contributed by atoms with Crippen LogP contribution in [0.3, 0.4) is 0 Å². The zero-order valence-electron chi connectivity index (χ0n) is 79.3. The van der Waals surface area contributed by atoms with Gasteiger partial charge in [0.15, 0.2) is 6.29 Å². The van der Waals surface area contributed by atoms with E-state index in [9.17, 15) is 113 Å². The molecule has 4 aromatic carbocycles. The molecule has 0 radical (unpaired) electrons. The van der Waals surface area contributed by atoms with E-state index in [1.54, 1.807) is 70.1 Å². The minimum absolute atomic E-state index is 0.0128. The van der Waals surface area contributed by atoms with Crippen molar-refractivity contribution >= 4 is 122 Å². The molecular formula is C93H131N19O29. The first kappa shape index (κ1) is 112. The summed E-state index contributed by atoms with van der Waals surface area (Å²) in [5.74, 6) is -12.1. The monoisotopic (exact) mass is 1980 g/mol. The van der Waals surface area contributed by atoms with Crippen molar-refractivity contribution in [3.8, 4) is 0 Å². The molecule has 0 aliphatic carbocycles. The third kappa shape index (κ3) is 39.5. The number of carboxylic acid groups (broad SMARTS) is 6. The van der Waals surface area contributed by atoms with Gasteiger partial charge in [-0.05, 0) is 117 Å². The number of β-amino-alcohol motifs (C(OH)–C–C–N with tert-alkyl or cyclic N) is 2. The zero-order valence-corrected chi connectivity index (χ0v) is 79.3. The fraction of sp³-hybridized carbons (Fsp3) is 0.559. The fourth-order valence-electron chi connectivity index (χ4n) is 16.0. The summed E-state index contributed by atoms with van der Waals surface area (Å²) in [6.45, 7) is 2.21. The lowest BCUT2D eigenvalue weighted by molar-refractivity contribution is -0.141. The van der Waals surface area contributed by atoms with Crippen molar-refractivity contribution in [2.24, 2.45) is 0 Å². The summed E-state index contributed by atoms with van der Waals surface area (Å²) >= 11 is 0. The molecule has 48 heteroatoms. The van der Waals surface area contributed by atoms with Crippen molar-refractivity contribution in [1.29, 1.82) is 0 Å². The van der Waals surface area contributed by atoms with E-state index < -0.39 is 165 Å². The molecule has 1 saturated heterocycles. The molecule has 0 saturated carbocycles. The Balaban J connectivity index is 0.725. The smallest absolute Gasteiger partial charge is 0.317 e. The van der Waals surface area contributed by atoms with Gasteiger partial charge in [-0.3, -0.25) is 91.5 Å². The van der Waals surface area contributed by atoms with Crippen LogP contribution < -0.4 is 37.2 Å². The maximum atomic E-state index is 14.4. The number of para-hydroxylation sites is 4. The Bertz CT molecular complexity index is 5090. The number of fused-ring (bicyclic) bond motifs is 4. The van der Waals surface area contributed by atoms with Crippen LogP contribution in [0, 0.1) is 0 Å². The summed E-state index contributed by atoms with van der Waals surface area (Å²) in [5.41, 5.74) is 6.23. The number of hydrogen-bond donors (Lipinski definition) is 17. The first-order valence-electron chi connectivity index (χ1n) is 46.9. The number of aliphatic hydroxyl groups is 2. The van der Waals surface area contributed by atoms with Gasteiger partial charge in [0, 0.05) is 180 Å². The summed E-state index contributed by atoms with van der Waals surface area (Å²) in [6, 6.07) is 17.9. The van der Waals surface area contributed by atoms with E-state index in [2.05, 4.69) is 57.2 Å². The summed E-state index contributed by atoms with van der Waals surface area (Å²) in [6.07, 6.45) is -4.70. The molecule has 2 aromatic heterocycles. The molecule has 0 unspecified atom stereocenters. The largest absolute Gasteiger partial charge is 0.481 e. The van der Waals surface area contributed by atoms with E-state index in [-0.39, 0.29) is 228 Å². The van der Waals surface area contributed by atoms with Crippen LogP contribution in [0.4, 0.5) is 11.4 Å². The highest BCUT2D eigenvalue weighted by atomic mass is 16.6. The van der Waals surface area contributed by atoms with Crippen molar-refractivity contribution in [3.05, 3.63) is 119 Å². The molecule has 17 N–H and O–H groups in total. The average molecular weight is 1980 g/mol. The molecule has 48 nitrogen and oxygen atoms in total. The number of benzene rings is 4. The number of aromatic nitrogens is 4. The number of imidazole rings is 2. The molecule has 3 aliphatic rings. The van der Waals surface area contributed by atoms with Gasteiger partial charge < -0.3 is 136 Å². The lowest BCUT2D eigenvalue weighted by atomic mass is 10.1. The van der Waals surface area contributed by atoms with Crippen LogP contribution in [0.5, 0.6) is 0 Å². The number of nitrogens with one attached hydrogen (secondary N) is 9. The first-order chi connectivity index (χ1) is 67.7. The summed E-state index contributed by atoms with van der Waals surface area (Å²) in [4.78, 5) is 225. The number of aliphatic carboxylic acids is 6. The van der Waals surface area contributed by atoms with Crippen LogP contribution in [0.2, 0.25) is 0 Å². The zero-order chi connectivity index (χ0) is 102. The van der Waals surface area contributed by atoms with E-state index in [0.717, 1.165) is 22.1 Å². The molecular weight excluding hydrogens is 1850 g/mol. The number of anilines is 2. The molecule has 141 heavy (non-hydrogen) atoms. The van der Waals surface area contributed by atoms with Crippen molar-refractivity contribution < 1.29 is 141 Å². The van der Waals surface area contributed by atoms with E-state index in [1.165, 1.54) is 19.6 Å². The van der Waals surface area contributed by atoms with Crippen molar-refractivity contribution in [1.82, 2.24) is 85.7 Å². The molecule has 5 heterocycles. The number of aromatic amines is 2. The number of rotatable bonds is 61. The second-order valence-corrected chi connectivity index (χ2v) is 34.3. The highest BCUT2D eigenvalue weighted by Crippen LogP contribution is 2.30. The van der Waals surface area contributed by atoms with Gasteiger partial charge in [0.25, 0.3) is 11.8 Å². The highest BCUT2D eigenvalue weighted by Gasteiger charge is 2.37. The summed E-state index contributed by atoms with van der Waals surface area (Å²) in [5, 5.41) is 97.3. The molecule has 6 aromatic rings. The Labute approximate surface area is 813 Å². The standard InChI is InChI=1S/C93H131N19O29/c1-105(55-76-98-67-11-3-4-12-68(67)99-76)90(132)61-15-17-65-63(49-61)53-111(92(134)74(96-65)51-82(119)120)27-9-39-138-43-47-140-45-41-136-37-7-25-94-78(113)22-19-71(103-89(131)73(21-24-81(117)118)104-88(130)72(20-23-80(115)116)102-79(114)57-107-29-31-108(58-84(123)124)33-35-110(60-86(127)128)36-34-109(32-30-107)59-85(125)126)87(129)95-26-8-38-137-42-46-141-48-44-139-40-10-28-112-54-64-50-62(16-18-66(64)97-75(93(112)135)52-83(121)122)91(133)106(2)56-77-100-69-13-5-6-14-70(69)101-77/h3-6,11-18,49-50,71-75,84,96-97,123-124H,7-10,19-48,51-60H2,1-2H3,(H,94,113)(H,95,129)(H,98,99)(H,100,101)(H,102,114)(H,103,131)(H,104,130)(H,115,116)(H,117,118)(H,119,120)(H,121,122)(H,125,126)(H,127,128)/t71-,72+,73+,74+,75+/m1/s1. The Morgan fingerprint density at radius 2 is 0.787 bits per heavy atom. The van der Waals surface area contributed by atoms with Gasteiger partial charge >= 0.3 is 35.8 Å². The maximum Gasteiger partial charge on any atom is 0.317 e. The number of hydrogen-bond acceptors (Lipinski definition) is 31. The second kappa shape index (κ2) is 58.9. The van der Waals surface area contributed by atoms with Crippen LogP contribution in [-0.2, 0) is 117 Å². The van der Waals surface area contributed by atoms with Crippen LogP contribution in [-0.4, -0.2) is 424 Å². The van der Waals surface area contributed by atoms with Gasteiger partial charge in [-0.15, -0.1) is 0 Å². The number of ether oxygens (including phenoxy) is 6. The third-order valence-corrected chi connectivity index (χ3v) is 23.2. The molecule has 3 aliphatic heterocycles. The Kier molecular flexibility index (Phi) is 46.6. The Morgan fingerprint density at radius 3 is 1.18 bits per heavy atom. The molecule has 772 valence electrons. The third-order valence-electron chi connectivity index (χ3n) is 23.2. The first-order valence-corrected chi connectivity index (χ1v) is 46.9. The number of carbonyl (C=O) groups is 15. The number of carboxylic acids is 6. The van der Waals surface area contributed by atoms with Gasteiger partial charge in [-0.25, -0.2) is 9.97 Å². The van der Waals surface area contributed by atoms with E-state index in [1.807, 2.05) is 48.5 Å². The van der Waals surface area contributed by atoms with E-state index in [4.69, 9.17) is 28.4 Å².